The molecule has 21 heavy (non-hydrogen) atoms. The zero-order chi connectivity index (χ0) is 15.2. The molecular formula is C17H26N2O2. The predicted octanol–water partition coefficient (Wildman–Crippen LogP) is 3.37. The van der Waals surface area contributed by atoms with Crippen molar-refractivity contribution in [2.24, 2.45) is 5.92 Å². The van der Waals surface area contributed by atoms with Crippen LogP contribution < -0.4 is 15.8 Å². The van der Waals surface area contributed by atoms with Crippen LogP contribution in [0.25, 0.3) is 0 Å². The van der Waals surface area contributed by atoms with Crippen LogP contribution in [0.4, 0.5) is 5.69 Å². The predicted molar refractivity (Wildman–Crippen MR) is 85.5 cm³/mol. The SMILES string of the molecule is CCCOc1ccc(C(=O)NC2CCCCC2C)cc1N. The molecular weight excluding hydrogens is 264 g/mol. The highest BCUT2D eigenvalue weighted by atomic mass is 16.5. The maximum absolute atomic E-state index is 12.3. The molecule has 1 amide bonds. The summed E-state index contributed by atoms with van der Waals surface area (Å²) in [7, 11) is 0. The Morgan fingerprint density at radius 3 is 2.81 bits per heavy atom. The number of anilines is 1. The first-order valence-corrected chi connectivity index (χ1v) is 7.95. The summed E-state index contributed by atoms with van der Waals surface area (Å²) in [5.74, 6) is 1.16. The molecule has 1 aromatic rings. The normalized spacial score (nSPS) is 21.8. The molecule has 2 atom stereocenters. The van der Waals surface area contributed by atoms with E-state index < -0.39 is 0 Å². The summed E-state index contributed by atoms with van der Waals surface area (Å²) < 4.78 is 5.53. The van der Waals surface area contributed by atoms with Crippen molar-refractivity contribution in [3.05, 3.63) is 23.8 Å². The van der Waals surface area contributed by atoms with Crippen LogP contribution in [0.15, 0.2) is 18.2 Å². The number of carbonyl (C=O) groups excluding carboxylic acids is 1. The lowest BCUT2D eigenvalue weighted by molar-refractivity contribution is 0.0910. The van der Waals surface area contributed by atoms with E-state index in [0.717, 1.165) is 12.8 Å². The van der Waals surface area contributed by atoms with Crippen LogP contribution in [-0.4, -0.2) is 18.6 Å². The lowest BCUT2D eigenvalue weighted by Gasteiger charge is -2.29. The monoisotopic (exact) mass is 290 g/mol. The lowest BCUT2D eigenvalue weighted by Crippen LogP contribution is -2.41. The second-order valence-electron chi connectivity index (χ2n) is 5.94. The first-order valence-electron chi connectivity index (χ1n) is 7.95. The topological polar surface area (TPSA) is 64.3 Å². The van der Waals surface area contributed by atoms with E-state index in [9.17, 15) is 4.79 Å². The molecule has 1 aliphatic carbocycles. The minimum atomic E-state index is -0.0394. The van der Waals surface area contributed by atoms with Gasteiger partial charge in [-0.1, -0.05) is 26.7 Å². The van der Waals surface area contributed by atoms with Gasteiger partial charge in [-0.25, -0.2) is 0 Å². The molecule has 0 heterocycles. The fourth-order valence-electron chi connectivity index (χ4n) is 2.82. The molecule has 4 heteroatoms. The van der Waals surface area contributed by atoms with E-state index in [0.29, 0.717) is 29.5 Å². The zero-order valence-corrected chi connectivity index (χ0v) is 13.0. The Kier molecular flexibility index (Phi) is 5.48. The van der Waals surface area contributed by atoms with Gasteiger partial charge in [0.15, 0.2) is 0 Å². The van der Waals surface area contributed by atoms with Crippen LogP contribution >= 0.6 is 0 Å². The Morgan fingerprint density at radius 1 is 1.38 bits per heavy atom. The summed E-state index contributed by atoms with van der Waals surface area (Å²) in [4.78, 5) is 12.3. The average molecular weight is 290 g/mol. The highest BCUT2D eigenvalue weighted by Gasteiger charge is 2.23. The lowest BCUT2D eigenvalue weighted by atomic mass is 9.86. The van der Waals surface area contributed by atoms with Gasteiger partial charge in [-0.3, -0.25) is 4.79 Å². The number of rotatable bonds is 5. The molecule has 0 spiro atoms. The van der Waals surface area contributed by atoms with Gasteiger partial charge in [-0.05, 0) is 43.4 Å². The summed E-state index contributed by atoms with van der Waals surface area (Å²) in [6, 6.07) is 5.55. The maximum Gasteiger partial charge on any atom is 0.251 e. The Hall–Kier alpha value is -1.71. The molecule has 1 fully saturated rings. The number of benzene rings is 1. The van der Waals surface area contributed by atoms with Gasteiger partial charge in [0.05, 0.1) is 12.3 Å². The highest BCUT2D eigenvalue weighted by molar-refractivity contribution is 5.95. The fraction of sp³-hybridized carbons (Fsp3) is 0.588. The van der Waals surface area contributed by atoms with Gasteiger partial charge in [0.25, 0.3) is 5.91 Å². The molecule has 4 nitrogen and oxygen atoms in total. The van der Waals surface area contributed by atoms with E-state index >= 15 is 0 Å². The summed E-state index contributed by atoms with van der Waals surface area (Å²) in [6.45, 7) is 4.89. The second kappa shape index (κ2) is 7.34. The Bertz CT molecular complexity index is 488. The van der Waals surface area contributed by atoms with Crippen molar-refractivity contribution in [3.63, 3.8) is 0 Å². The maximum atomic E-state index is 12.3. The quantitative estimate of drug-likeness (QED) is 0.817. The minimum absolute atomic E-state index is 0.0394. The molecule has 0 bridgehead atoms. The fourth-order valence-corrected chi connectivity index (χ4v) is 2.82. The largest absolute Gasteiger partial charge is 0.491 e. The third kappa shape index (κ3) is 4.13. The van der Waals surface area contributed by atoms with Gasteiger partial charge < -0.3 is 15.8 Å². The average Bonchev–Trinajstić information content (AvgIpc) is 2.48. The third-order valence-corrected chi connectivity index (χ3v) is 4.16. The number of nitrogens with two attached hydrogens (primary N) is 1. The van der Waals surface area contributed by atoms with Crippen LogP contribution in [0.5, 0.6) is 5.75 Å². The van der Waals surface area contributed by atoms with E-state index in [1.807, 2.05) is 6.92 Å². The number of ether oxygens (including phenoxy) is 1. The summed E-state index contributed by atoms with van der Waals surface area (Å²) in [5.41, 5.74) is 7.08. The summed E-state index contributed by atoms with van der Waals surface area (Å²) in [6.07, 6.45) is 5.66. The van der Waals surface area contributed by atoms with Crippen LogP contribution in [0.1, 0.15) is 56.3 Å². The van der Waals surface area contributed by atoms with Crippen molar-refractivity contribution in [3.8, 4) is 5.75 Å². The van der Waals surface area contributed by atoms with E-state index in [-0.39, 0.29) is 11.9 Å². The summed E-state index contributed by atoms with van der Waals surface area (Å²) >= 11 is 0. The van der Waals surface area contributed by atoms with E-state index in [1.54, 1.807) is 18.2 Å². The van der Waals surface area contributed by atoms with Crippen molar-refractivity contribution in [2.45, 2.75) is 52.0 Å². The first kappa shape index (κ1) is 15.7. The van der Waals surface area contributed by atoms with Gasteiger partial charge in [-0.15, -0.1) is 0 Å². The molecule has 2 unspecified atom stereocenters. The molecule has 116 valence electrons. The number of hydrogen-bond donors (Lipinski definition) is 2. The van der Waals surface area contributed by atoms with Gasteiger partial charge in [0.1, 0.15) is 5.75 Å². The van der Waals surface area contributed by atoms with Crippen molar-refractivity contribution in [2.75, 3.05) is 12.3 Å². The van der Waals surface area contributed by atoms with E-state index in [2.05, 4.69) is 12.2 Å². The van der Waals surface area contributed by atoms with Crippen molar-refractivity contribution in [1.29, 1.82) is 0 Å². The Labute approximate surface area is 127 Å². The number of nitrogens with one attached hydrogen (secondary N) is 1. The van der Waals surface area contributed by atoms with Crippen molar-refractivity contribution >= 4 is 11.6 Å². The number of carbonyl (C=O) groups is 1. The standard InChI is InChI=1S/C17H26N2O2/c1-3-10-21-16-9-8-13(11-14(16)18)17(20)19-15-7-5-4-6-12(15)2/h8-9,11-12,15H,3-7,10,18H2,1-2H3,(H,19,20). The Balaban J connectivity index is 2.00. The highest BCUT2D eigenvalue weighted by Crippen LogP contribution is 2.25. The Morgan fingerprint density at radius 2 is 2.14 bits per heavy atom. The molecule has 2 rings (SSSR count). The smallest absolute Gasteiger partial charge is 0.251 e. The van der Waals surface area contributed by atoms with E-state index in [1.165, 1.54) is 19.3 Å². The molecule has 0 aromatic heterocycles. The van der Waals surface area contributed by atoms with Crippen molar-refractivity contribution < 1.29 is 9.53 Å². The van der Waals surface area contributed by atoms with Gasteiger partial charge in [-0.2, -0.15) is 0 Å². The molecule has 1 aromatic carbocycles. The number of hydrogen-bond acceptors (Lipinski definition) is 3. The molecule has 1 saturated carbocycles. The molecule has 0 radical (unpaired) electrons. The third-order valence-electron chi connectivity index (χ3n) is 4.16. The van der Waals surface area contributed by atoms with Gasteiger partial charge in [0.2, 0.25) is 0 Å². The van der Waals surface area contributed by atoms with Crippen LogP contribution in [-0.2, 0) is 0 Å². The number of amides is 1. The molecule has 0 saturated heterocycles. The van der Waals surface area contributed by atoms with Crippen molar-refractivity contribution in [1.82, 2.24) is 5.32 Å². The minimum Gasteiger partial charge on any atom is -0.491 e. The summed E-state index contributed by atoms with van der Waals surface area (Å²) in [5, 5.41) is 3.14. The zero-order valence-electron chi connectivity index (χ0n) is 13.0. The van der Waals surface area contributed by atoms with E-state index in [4.69, 9.17) is 10.5 Å². The van der Waals surface area contributed by atoms with Gasteiger partial charge in [0, 0.05) is 11.6 Å². The molecule has 0 aliphatic heterocycles. The van der Waals surface area contributed by atoms with Crippen LogP contribution in [0, 0.1) is 5.92 Å². The van der Waals surface area contributed by atoms with Crippen LogP contribution in [0.2, 0.25) is 0 Å². The van der Waals surface area contributed by atoms with Crippen LogP contribution in [0.3, 0.4) is 0 Å². The second-order valence-corrected chi connectivity index (χ2v) is 5.94. The first-order chi connectivity index (χ1) is 10.1. The van der Waals surface area contributed by atoms with Gasteiger partial charge >= 0.3 is 0 Å². The number of nitrogen functional groups attached to an aromatic ring is 1. The molecule has 1 aliphatic rings. The molecule has 3 N–H and O–H groups in total.